The van der Waals surface area contributed by atoms with Crippen LogP contribution in [0, 0.1) is 0 Å². The molecule has 22 heavy (non-hydrogen) atoms. The van der Waals surface area contributed by atoms with Crippen molar-refractivity contribution in [2.45, 2.75) is 26.6 Å². The van der Waals surface area contributed by atoms with E-state index in [-0.39, 0.29) is 18.1 Å². The van der Waals surface area contributed by atoms with E-state index in [4.69, 9.17) is 5.11 Å². The Morgan fingerprint density at radius 3 is 2.77 bits per heavy atom. The first-order chi connectivity index (χ1) is 10.4. The largest absolute Gasteiger partial charge is 0.476 e. The molecule has 118 valence electrons. The number of carbonyl (C=O) groups is 2. The number of aryl methyl sites for hydroxylation is 1. The number of nitrogens with zero attached hydrogens (tertiary/aromatic N) is 5. The van der Waals surface area contributed by atoms with Gasteiger partial charge >= 0.3 is 5.97 Å². The fourth-order valence-electron chi connectivity index (χ4n) is 1.95. The predicted molar refractivity (Wildman–Crippen MR) is 81.3 cm³/mol. The van der Waals surface area contributed by atoms with Crippen molar-refractivity contribution in [3.8, 4) is 0 Å². The van der Waals surface area contributed by atoms with Crippen LogP contribution in [0.2, 0.25) is 0 Å². The van der Waals surface area contributed by atoms with Gasteiger partial charge in [0.2, 0.25) is 5.91 Å². The normalized spacial score (nSPS) is 10.7. The summed E-state index contributed by atoms with van der Waals surface area (Å²) in [6.45, 7) is 3.08. The van der Waals surface area contributed by atoms with Crippen LogP contribution in [0.25, 0.3) is 0 Å². The lowest BCUT2D eigenvalue weighted by atomic mass is 10.3. The number of halogens is 1. The molecule has 2 heterocycles. The Labute approximate surface area is 135 Å². The fraction of sp³-hybridized carbons (Fsp3) is 0.385. The van der Waals surface area contributed by atoms with E-state index in [0.29, 0.717) is 13.1 Å². The van der Waals surface area contributed by atoms with Crippen LogP contribution < -0.4 is 0 Å². The van der Waals surface area contributed by atoms with Crippen LogP contribution in [0.1, 0.15) is 23.1 Å². The van der Waals surface area contributed by atoms with Gasteiger partial charge in [-0.1, -0.05) is 0 Å². The Kier molecular flexibility index (Phi) is 4.96. The van der Waals surface area contributed by atoms with Gasteiger partial charge < -0.3 is 10.0 Å². The summed E-state index contributed by atoms with van der Waals surface area (Å²) in [5, 5.41) is 16.8. The van der Waals surface area contributed by atoms with E-state index in [0.717, 1.165) is 10.2 Å². The molecule has 0 aliphatic heterocycles. The number of aromatic carboxylic acids is 1. The molecule has 9 heteroatoms. The molecule has 1 amide bonds. The highest BCUT2D eigenvalue weighted by atomic mass is 79.9. The van der Waals surface area contributed by atoms with Gasteiger partial charge in [0, 0.05) is 19.8 Å². The van der Waals surface area contributed by atoms with Crippen molar-refractivity contribution in [2.75, 3.05) is 7.05 Å². The summed E-state index contributed by atoms with van der Waals surface area (Å²) in [5.74, 6) is -1.29. The molecule has 0 spiro atoms. The van der Waals surface area contributed by atoms with Crippen molar-refractivity contribution in [1.82, 2.24) is 24.5 Å². The first kappa shape index (κ1) is 16.2. The minimum atomic E-state index is -1.12. The standard InChI is InChI=1S/C13H16BrN5O3/c1-3-19-11(9(14)6-15-19)7-17(2)12(20)8-18-5-4-10(16-18)13(21)22/h4-6H,3,7-8H2,1-2H3,(H,21,22). The predicted octanol–water partition coefficient (Wildman–Crippen LogP) is 1.22. The number of carboxylic acids is 1. The molecule has 0 aromatic carbocycles. The maximum Gasteiger partial charge on any atom is 0.356 e. The van der Waals surface area contributed by atoms with Crippen LogP contribution in [0.4, 0.5) is 0 Å². The zero-order valence-corrected chi connectivity index (χ0v) is 13.8. The highest BCUT2D eigenvalue weighted by Gasteiger charge is 2.16. The van der Waals surface area contributed by atoms with E-state index in [1.165, 1.54) is 16.9 Å². The summed E-state index contributed by atoms with van der Waals surface area (Å²) >= 11 is 3.42. The third-order valence-electron chi connectivity index (χ3n) is 3.17. The molecule has 0 fully saturated rings. The van der Waals surface area contributed by atoms with E-state index in [2.05, 4.69) is 26.1 Å². The summed E-state index contributed by atoms with van der Waals surface area (Å²) < 4.78 is 3.97. The number of rotatable bonds is 6. The molecule has 0 saturated carbocycles. The number of hydrogen-bond acceptors (Lipinski definition) is 4. The molecule has 0 atom stereocenters. The average molecular weight is 370 g/mol. The number of likely N-dealkylation sites (N-methyl/N-ethyl adjacent to an activating group) is 1. The summed E-state index contributed by atoms with van der Waals surface area (Å²) in [7, 11) is 1.68. The summed E-state index contributed by atoms with van der Waals surface area (Å²) in [6.07, 6.45) is 3.17. The van der Waals surface area contributed by atoms with Crippen molar-refractivity contribution in [2.24, 2.45) is 0 Å². The van der Waals surface area contributed by atoms with Gasteiger partial charge in [0.05, 0.1) is 22.9 Å². The van der Waals surface area contributed by atoms with Crippen LogP contribution >= 0.6 is 15.9 Å². The molecule has 0 saturated heterocycles. The molecule has 0 unspecified atom stereocenters. The van der Waals surface area contributed by atoms with Crippen molar-refractivity contribution in [3.05, 3.63) is 34.3 Å². The van der Waals surface area contributed by atoms with Gasteiger partial charge in [-0.25, -0.2) is 4.79 Å². The van der Waals surface area contributed by atoms with Crippen molar-refractivity contribution in [3.63, 3.8) is 0 Å². The van der Waals surface area contributed by atoms with Gasteiger partial charge in [-0.15, -0.1) is 0 Å². The van der Waals surface area contributed by atoms with Crippen molar-refractivity contribution in [1.29, 1.82) is 0 Å². The van der Waals surface area contributed by atoms with Gasteiger partial charge in [-0.2, -0.15) is 10.2 Å². The monoisotopic (exact) mass is 369 g/mol. The zero-order valence-electron chi connectivity index (χ0n) is 12.2. The van der Waals surface area contributed by atoms with Crippen LogP contribution in [0.5, 0.6) is 0 Å². The lowest BCUT2D eigenvalue weighted by Crippen LogP contribution is -2.31. The Hall–Kier alpha value is -2.16. The molecule has 0 radical (unpaired) electrons. The summed E-state index contributed by atoms with van der Waals surface area (Å²) in [4.78, 5) is 24.5. The molecule has 0 aliphatic carbocycles. The van der Waals surface area contributed by atoms with E-state index in [9.17, 15) is 9.59 Å². The Balaban J connectivity index is 2.02. The van der Waals surface area contributed by atoms with Crippen LogP contribution in [0.3, 0.4) is 0 Å². The Morgan fingerprint density at radius 1 is 1.45 bits per heavy atom. The third-order valence-corrected chi connectivity index (χ3v) is 3.83. The lowest BCUT2D eigenvalue weighted by Gasteiger charge is -2.18. The maximum absolute atomic E-state index is 12.2. The number of carboxylic acid groups (broad SMARTS) is 1. The molecular formula is C13H16BrN5O3. The summed E-state index contributed by atoms with van der Waals surface area (Å²) in [6, 6.07) is 1.36. The number of aromatic nitrogens is 4. The molecule has 0 aliphatic rings. The van der Waals surface area contributed by atoms with E-state index < -0.39 is 5.97 Å². The highest BCUT2D eigenvalue weighted by Crippen LogP contribution is 2.17. The molecule has 2 aromatic rings. The second-order valence-electron chi connectivity index (χ2n) is 4.71. The van der Waals surface area contributed by atoms with Gasteiger partial charge in [0.25, 0.3) is 0 Å². The topological polar surface area (TPSA) is 93.2 Å². The van der Waals surface area contributed by atoms with Gasteiger partial charge in [0.15, 0.2) is 5.69 Å². The van der Waals surface area contributed by atoms with Gasteiger partial charge in [-0.05, 0) is 28.9 Å². The smallest absolute Gasteiger partial charge is 0.356 e. The lowest BCUT2D eigenvalue weighted by molar-refractivity contribution is -0.131. The minimum absolute atomic E-state index is 0.0122. The number of carbonyl (C=O) groups excluding carboxylic acids is 1. The summed E-state index contributed by atoms with van der Waals surface area (Å²) in [5.41, 5.74) is 0.826. The maximum atomic E-state index is 12.2. The SMILES string of the molecule is CCn1ncc(Br)c1CN(C)C(=O)Cn1ccc(C(=O)O)n1. The molecule has 0 bridgehead atoms. The fourth-order valence-corrected chi connectivity index (χ4v) is 2.38. The van der Waals surface area contributed by atoms with Crippen LogP contribution in [-0.4, -0.2) is 48.5 Å². The quantitative estimate of drug-likeness (QED) is 0.825. The zero-order chi connectivity index (χ0) is 16.3. The van der Waals surface area contributed by atoms with E-state index >= 15 is 0 Å². The van der Waals surface area contributed by atoms with Gasteiger partial charge in [-0.3, -0.25) is 14.2 Å². The highest BCUT2D eigenvalue weighted by molar-refractivity contribution is 9.10. The second kappa shape index (κ2) is 6.73. The first-order valence-corrected chi connectivity index (χ1v) is 7.42. The van der Waals surface area contributed by atoms with Crippen molar-refractivity contribution >= 4 is 27.8 Å². The molecular weight excluding hydrogens is 354 g/mol. The Bertz CT molecular complexity index is 694. The molecule has 2 rings (SSSR count). The van der Waals surface area contributed by atoms with Crippen LogP contribution in [-0.2, 0) is 24.4 Å². The molecule has 8 nitrogen and oxygen atoms in total. The van der Waals surface area contributed by atoms with E-state index in [1.807, 2.05) is 11.6 Å². The number of amides is 1. The van der Waals surface area contributed by atoms with Gasteiger partial charge in [0.1, 0.15) is 6.54 Å². The molecule has 2 aromatic heterocycles. The minimum Gasteiger partial charge on any atom is -0.476 e. The average Bonchev–Trinajstić information content (AvgIpc) is 3.07. The molecule has 1 N–H and O–H groups in total. The van der Waals surface area contributed by atoms with E-state index in [1.54, 1.807) is 18.1 Å². The van der Waals surface area contributed by atoms with Crippen molar-refractivity contribution < 1.29 is 14.7 Å². The Morgan fingerprint density at radius 2 is 2.18 bits per heavy atom. The first-order valence-electron chi connectivity index (χ1n) is 6.63. The third kappa shape index (κ3) is 3.53. The second-order valence-corrected chi connectivity index (χ2v) is 5.56. The van der Waals surface area contributed by atoms with Crippen LogP contribution in [0.15, 0.2) is 22.9 Å². The number of hydrogen-bond donors (Lipinski definition) is 1.